The molecule has 5 heteroatoms. The highest BCUT2D eigenvalue weighted by Crippen LogP contribution is 2.21. The van der Waals surface area contributed by atoms with Gasteiger partial charge in [0.25, 0.3) is 0 Å². The van der Waals surface area contributed by atoms with Gasteiger partial charge in [0, 0.05) is 29.5 Å². The fourth-order valence-electron chi connectivity index (χ4n) is 1.65. The zero-order valence-corrected chi connectivity index (χ0v) is 13.3. The Morgan fingerprint density at radius 3 is 2.75 bits per heavy atom. The fourth-order valence-corrected chi connectivity index (χ4v) is 2.63. The van der Waals surface area contributed by atoms with Crippen LogP contribution in [0.1, 0.15) is 26.2 Å². The third-order valence-electron chi connectivity index (χ3n) is 2.90. The number of aliphatic hydroxyl groups excluding tert-OH is 1. The Balaban J connectivity index is 2.08. The van der Waals surface area contributed by atoms with Gasteiger partial charge in [-0.1, -0.05) is 18.5 Å². The van der Waals surface area contributed by atoms with Crippen molar-refractivity contribution in [2.75, 3.05) is 18.9 Å². The van der Waals surface area contributed by atoms with Crippen molar-refractivity contribution in [3.63, 3.8) is 0 Å². The van der Waals surface area contributed by atoms with Crippen LogP contribution in [0.15, 0.2) is 29.2 Å². The van der Waals surface area contributed by atoms with Gasteiger partial charge in [-0.2, -0.15) is 0 Å². The number of hydrogen-bond donors (Lipinski definition) is 2. The summed E-state index contributed by atoms with van der Waals surface area (Å²) in [5.74, 6) is 1.33. The van der Waals surface area contributed by atoms with Gasteiger partial charge in [-0.05, 0) is 48.8 Å². The molecule has 0 aliphatic rings. The minimum Gasteiger partial charge on any atom is -0.396 e. The van der Waals surface area contributed by atoms with Gasteiger partial charge < -0.3 is 10.4 Å². The number of hydrogen-bond acceptors (Lipinski definition) is 3. The van der Waals surface area contributed by atoms with E-state index in [4.69, 9.17) is 16.7 Å². The summed E-state index contributed by atoms with van der Waals surface area (Å²) in [7, 11) is 0. The van der Waals surface area contributed by atoms with E-state index in [-0.39, 0.29) is 12.5 Å². The number of aliphatic hydroxyl groups is 1. The number of thioether (sulfide) groups is 1. The maximum absolute atomic E-state index is 11.6. The van der Waals surface area contributed by atoms with Gasteiger partial charge in [0.05, 0.1) is 0 Å². The smallest absolute Gasteiger partial charge is 0.220 e. The van der Waals surface area contributed by atoms with E-state index in [1.54, 1.807) is 11.8 Å². The van der Waals surface area contributed by atoms with Crippen LogP contribution in [0.4, 0.5) is 0 Å². The van der Waals surface area contributed by atoms with Crippen LogP contribution >= 0.6 is 23.4 Å². The van der Waals surface area contributed by atoms with E-state index in [0.29, 0.717) is 18.9 Å². The summed E-state index contributed by atoms with van der Waals surface area (Å²) in [4.78, 5) is 12.8. The topological polar surface area (TPSA) is 49.3 Å². The molecule has 1 atom stereocenters. The molecule has 1 aromatic rings. The summed E-state index contributed by atoms with van der Waals surface area (Å²) in [6.45, 7) is 2.84. The number of carbonyl (C=O) groups excluding carboxylic acids is 1. The summed E-state index contributed by atoms with van der Waals surface area (Å²) in [5.41, 5.74) is 0. The highest BCUT2D eigenvalue weighted by molar-refractivity contribution is 7.99. The van der Waals surface area contributed by atoms with Crippen molar-refractivity contribution in [2.24, 2.45) is 5.92 Å². The lowest BCUT2D eigenvalue weighted by molar-refractivity contribution is -0.121. The maximum Gasteiger partial charge on any atom is 0.220 e. The lowest BCUT2D eigenvalue weighted by atomic mass is 10.1. The van der Waals surface area contributed by atoms with E-state index in [9.17, 15) is 4.79 Å². The zero-order valence-electron chi connectivity index (χ0n) is 11.8. The van der Waals surface area contributed by atoms with Crippen LogP contribution in [0.3, 0.4) is 0 Å². The predicted octanol–water partition coefficient (Wildman–Crippen LogP) is 3.35. The number of benzene rings is 1. The Kier molecular flexibility index (Phi) is 8.74. The van der Waals surface area contributed by atoms with Gasteiger partial charge in [0.1, 0.15) is 0 Å². The summed E-state index contributed by atoms with van der Waals surface area (Å²) >= 11 is 7.55. The molecular formula is C15H22ClNO2S. The molecule has 1 aromatic carbocycles. The second-order valence-electron chi connectivity index (χ2n) is 4.83. The summed E-state index contributed by atoms with van der Waals surface area (Å²) < 4.78 is 0. The monoisotopic (exact) mass is 315 g/mol. The Morgan fingerprint density at radius 1 is 1.40 bits per heavy atom. The van der Waals surface area contributed by atoms with E-state index in [0.717, 1.165) is 23.6 Å². The highest BCUT2D eigenvalue weighted by atomic mass is 35.5. The van der Waals surface area contributed by atoms with E-state index in [1.807, 2.05) is 31.2 Å². The molecule has 1 amide bonds. The molecule has 20 heavy (non-hydrogen) atoms. The van der Waals surface area contributed by atoms with Crippen molar-refractivity contribution in [1.29, 1.82) is 0 Å². The van der Waals surface area contributed by atoms with Crippen LogP contribution in [0, 0.1) is 5.92 Å². The highest BCUT2D eigenvalue weighted by Gasteiger charge is 2.05. The van der Waals surface area contributed by atoms with Crippen molar-refractivity contribution >= 4 is 29.3 Å². The van der Waals surface area contributed by atoms with E-state index in [2.05, 4.69) is 5.32 Å². The first-order valence-corrected chi connectivity index (χ1v) is 8.24. The number of rotatable bonds is 9. The summed E-state index contributed by atoms with van der Waals surface area (Å²) in [5, 5.41) is 12.4. The Hall–Kier alpha value is -0.710. The molecular weight excluding hydrogens is 294 g/mol. The van der Waals surface area contributed by atoms with E-state index in [1.165, 1.54) is 4.90 Å². The van der Waals surface area contributed by atoms with Gasteiger partial charge in [-0.25, -0.2) is 0 Å². The van der Waals surface area contributed by atoms with Crippen LogP contribution in [0.5, 0.6) is 0 Å². The van der Waals surface area contributed by atoms with Crippen molar-refractivity contribution in [3.05, 3.63) is 29.3 Å². The fraction of sp³-hybridized carbons (Fsp3) is 0.533. The van der Waals surface area contributed by atoms with Crippen molar-refractivity contribution < 1.29 is 9.90 Å². The van der Waals surface area contributed by atoms with E-state index >= 15 is 0 Å². The molecule has 0 saturated carbocycles. The summed E-state index contributed by atoms with van der Waals surface area (Å²) in [6, 6.07) is 7.73. The predicted molar refractivity (Wildman–Crippen MR) is 85.3 cm³/mol. The first-order chi connectivity index (χ1) is 9.61. The molecule has 3 nitrogen and oxygen atoms in total. The lowest BCUT2D eigenvalue weighted by Gasteiger charge is -2.10. The van der Waals surface area contributed by atoms with Crippen molar-refractivity contribution in [3.8, 4) is 0 Å². The standard InChI is InChI=1S/C15H22ClNO2S/c1-12(8-9-18)11-17-15(19)3-2-10-20-14-6-4-13(16)5-7-14/h4-7,12,18H,2-3,8-11H2,1H3,(H,17,19). The molecule has 0 spiro atoms. The molecule has 0 radical (unpaired) electrons. The van der Waals surface area contributed by atoms with Gasteiger partial charge in [0.15, 0.2) is 0 Å². The van der Waals surface area contributed by atoms with Crippen LogP contribution in [0.2, 0.25) is 5.02 Å². The molecule has 1 rings (SSSR count). The lowest BCUT2D eigenvalue weighted by Crippen LogP contribution is -2.28. The maximum atomic E-state index is 11.6. The van der Waals surface area contributed by atoms with Gasteiger partial charge >= 0.3 is 0 Å². The third-order valence-corrected chi connectivity index (χ3v) is 4.25. The van der Waals surface area contributed by atoms with E-state index < -0.39 is 0 Å². The first kappa shape index (κ1) is 17.3. The number of halogens is 1. The molecule has 0 saturated heterocycles. The van der Waals surface area contributed by atoms with Crippen molar-refractivity contribution in [2.45, 2.75) is 31.1 Å². The zero-order chi connectivity index (χ0) is 14.8. The molecule has 2 N–H and O–H groups in total. The van der Waals surface area contributed by atoms with Gasteiger partial charge in [-0.15, -0.1) is 11.8 Å². The minimum atomic E-state index is 0.0893. The molecule has 0 bridgehead atoms. The van der Waals surface area contributed by atoms with Crippen LogP contribution < -0.4 is 5.32 Å². The van der Waals surface area contributed by atoms with Crippen LogP contribution in [0.25, 0.3) is 0 Å². The Morgan fingerprint density at radius 2 is 2.10 bits per heavy atom. The second-order valence-corrected chi connectivity index (χ2v) is 6.43. The molecule has 0 fully saturated rings. The number of carbonyl (C=O) groups is 1. The van der Waals surface area contributed by atoms with Gasteiger partial charge in [-0.3, -0.25) is 4.79 Å². The van der Waals surface area contributed by atoms with Crippen molar-refractivity contribution in [1.82, 2.24) is 5.32 Å². The van der Waals surface area contributed by atoms with Crippen LogP contribution in [-0.2, 0) is 4.79 Å². The third kappa shape index (κ3) is 7.78. The number of amides is 1. The average molecular weight is 316 g/mol. The minimum absolute atomic E-state index is 0.0893. The second kappa shape index (κ2) is 10.1. The molecule has 112 valence electrons. The molecule has 0 aromatic heterocycles. The first-order valence-electron chi connectivity index (χ1n) is 6.87. The number of nitrogens with one attached hydrogen (secondary N) is 1. The molecule has 0 aliphatic heterocycles. The van der Waals surface area contributed by atoms with Crippen LogP contribution in [-0.4, -0.2) is 29.9 Å². The SMILES string of the molecule is CC(CCO)CNC(=O)CCCSc1ccc(Cl)cc1. The quantitative estimate of drug-likeness (QED) is 0.543. The largest absolute Gasteiger partial charge is 0.396 e. The average Bonchev–Trinajstić information content (AvgIpc) is 2.43. The Labute approximate surface area is 130 Å². The van der Waals surface area contributed by atoms with Gasteiger partial charge in [0.2, 0.25) is 5.91 Å². The molecule has 0 heterocycles. The normalized spacial score (nSPS) is 12.2. The molecule has 0 aliphatic carbocycles. The molecule has 1 unspecified atom stereocenters. The summed E-state index contributed by atoms with van der Waals surface area (Å²) in [6.07, 6.45) is 2.13. The Bertz CT molecular complexity index is 397.